The molecule has 0 aliphatic carbocycles. The lowest BCUT2D eigenvalue weighted by Crippen LogP contribution is -2.48. The van der Waals surface area contributed by atoms with Gasteiger partial charge in [0.25, 0.3) is 0 Å². The largest absolute Gasteiger partial charge is 0.394 e. The van der Waals surface area contributed by atoms with E-state index in [-0.39, 0.29) is 13.2 Å². The molecule has 0 radical (unpaired) electrons. The lowest BCUT2D eigenvalue weighted by Gasteiger charge is -2.23. The molecule has 0 heterocycles. The minimum Gasteiger partial charge on any atom is -0.394 e. The molecule has 0 aromatic carbocycles. The van der Waals surface area contributed by atoms with E-state index in [1.54, 1.807) is 0 Å². The maximum absolute atomic E-state index is 10.5. The van der Waals surface area contributed by atoms with Gasteiger partial charge in [0.2, 0.25) is 0 Å². The molecule has 7 N–H and O–H groups in total. The van der Waals surface area contributed by atoms with Crippen molar-refractivity contribution in [1.29, 1.82) is 0 Å². The Kier molecular flexibility index (Phi) is 11.6. The summed E-state index contributed by atoms with van der Waals surface area (Å²) in [4.78, 5) is 10.5. The molecule has 0 aromatic heterocycles. The molecular formula is C9H20O8. The van der Waals surface area contributed by atoms with Gasteiger partial charge in [-0.15, -0.1) is 0 Å². The van der Waals surface area contributed by atoms with Crippen LogP contribution < -0.4 is 0 Å². The smallest absolute Gasteiger partial charge is 0.160 e. The van der Waals surface area contributed by atoms with Crippen molar-refractivity contribution >= 4 is 5.78 Å². The second-order valence-corrected chi connectivity index (χ2v) is 3.23. The molecule has 0 saturated heterocycles. The van der Waals surface area contributed by atoms with E-state index in [9.17, 15) is 4.79 Å². The number of hydrogen-bond acceptors (Lipinski definition) is 8. The average molecular weight is 256 g/mol. The zero-order valence-corrected chi connectivity index (χ0v) is 9.47. The number of hydrogen-bond donors (Lipinski definition) is 7. The van der Waals surface area contributed by atoms with E-state index >= 15 is 0 Å². The summed E-state index contributed by atoms with van der Waals surface area (Å²) in [6.45, 7) is 0.0226. The first-order chi connectivity index (χ1) is 7.83. The predicted molar refractivity (Wildman–Crippen MR) is 56.0 cm³/mol. The van der Waals surface area contributed by atoms with Crippen LogP contribution in [0.3, 0.4) is 0 Å². The summed E-state index contributed by atoms with van der Waals surface area (Å²) < 4.78 is 0. The molecular weight excluding hydrogens is 236 g/mol. The molecule has 0 rings (SSSR count). The molecule has 8 heteroatoms. The zero-order valence-electron chi connectivity index (χ0n) is 9.47. The van der Waals surface area contributed by atoms with Gasteiger partial charge in [-0.3, -0.25) is 4.79 Å². The summed E-state index contributed by atoms with van der Waals surface area (Å²) in [6, 6.07) is 0. The predicted octanol–water partition coefficient (Wildman–Crippen LogP) is -4.02. The van der Waals surface area contributed by atoms with Crippen molar-refractivity contribution in [1.82, 2.24) is 0 Å². The van der Waals surface area contributed by atoms with Crippen molar-refractivity contribution in [2.45, 2.75) is 31.3 Å². The Hall–Kier alpha value is -0.610. The standard InChI is InChI=1S/C7H14O6.C2H6O2/c1-3(9)5(11)7(13)6(12)4(10)2-8;3-1-2-4/h4-8,10-13H,2H2,1H3;3-4H,1-2H2/t4-,5+,6-,7-;/m1./s1. The summed E-state index contributed by atoms with van der Waals surface area (Å²) in [5, 5.41) is 59.5. The number of Topliss-reactive ketones (excluding diaryl/α,β-unsaturated/α-hetero) is 1. The second kappa shape index (κ2) is 10.5. The molecule has 0 fully saturated rings. The van der Waals surface area contributed by atoms with Crippen LogP contribution in [0.2, 0.25) is 0 Å². The number of aliphatic hydroxyl groups excluding tert-OH is 7. The van der Waals surface area contributed by atoms with Gasteiger partial charge in [-0.1, -0.05) is 0 Å². The van der Waals surface area contributed by atoms with E-state index < -0.39 is 36.8 Å². The minimum atomic E-state index is -1.79. The molecule has 0 amide bonds. The van der Waals surface area contributed by atoms with Gasteiger partial charge in [-0.2, -0.15) is 0 Å². The molecule has 0 spiro atoms. The first-order valence-electron chi connectivity index (χ1n) is 4.88. The Bertz CT molecular complexity index is 195. The van der Waals surface area contributed by atoms with Crippen LogP contribution in [-0.4, -0.2) is 85.8 Å². The van der Waals surface area contributed by atoms with Crippen molar-refractivity contribution in [3.8, 4) is 0 Å². The van der Waals surface area contributed by atoms with Crippen molar-refractivity contribution in [2.24, 2.45) is 0 Å². The van der Waals surface area contributed by atoms with E-state index in [0.29, 0.717) is 0 Å². The number of aliphatic hydroxyl groups is 7. The lowest BCUT2D eigenvalue weighted by atomic mass is 10.0. The van der Waals surface area contributed by atoms with Crippen molar-refractivity contribution < 1.29 is 40.5 Å². The van der Waals surface area contributed by atoms with Crippen molar-refractivity contribution in [3.63, 3.8) is 0 Å². The van der Waals surface area contributed by atoms with Gasteiger partial charge in [0.1, 0.15) is 24.4 Å². The van der Waals surface area contributed by atoms with Gasteiger partial charge in [-0.05, 0) is 6.92 Å². The van der Waals surface area contributed by atoms with E-state index in [1.807, 2.05) is 0 Å². The Morgan fingerprint density at radius 2 is 1.35 bits per heavy atom. The summed E-state index contributed by atoms with van der Waals surface area (Å²) in [6.07, 6.45) is -6.87. The van der Waals surface area contributed by atoms with Gasteiger partial charge in [0.05, 0.1) is 19.8 Å². The lowest BCUT2D eigenvalue weighted by molar-refractivity contribution is -0.145. The molecule has 104 valence electrons. The number of carbonyl (C=O) groups excluding carboxylic acids is 1. The molecule has 0 aliphatic rings. The summed E-state index contributed by atoms with van der Waals surface area (Å²) in [5.41, 5.74) is 0. The molecule has 4 atom stereocenters. The Labute approximate surface area is 98.4 Å². The van der Waals surface area contributed by atoms with Gasteiger partial charge in [0.15, 0.2) is 5.78 Å². The highest BCUT2D eigenvalue weighted by molar-refractivity contribution is 5.80. The maximum Gasteiger partial charge on any atom is 0.160 e. The molecule has 0 aromatic rings. The van der Waals surface area contributed by atoms with Crippen LogP contribution in [0.5, 0.6) is 0 Å². The van der Waals surface area contributed by atoms with Crippen LogP contribution in [0.4, 0.5) is 0 Å². The molecule has 0 bridgehead atoms. The van der Waals surface area contributed by atoms with Crippen LogP contribution >= 0.6 is 0 Å². The minimum absolute atomic E-state index is 0.125. The Balaban J connectivity index is 0. The second-order valence-electron chi connectivity index (χ2n) is 3.23. The fourth-order valence-electron chi connectivity index (χ4n) is 0.763. The van der Waals surface area contributed by atoms with Crippen LogP contribution in [-0.2, 0) is 4.79 Å². The maximum atomic E-state index is 10.5. The fraction of sp³-hybridized carbons (Fsp3) is 0.889. The molecule has 8 nitrogen and oxygen atoms in total. The SMILES string of the molecule is CC(=O)[C@H](O)[C@@H](O)[C@H](O)[C@H](O)CO.OCCO. The molecule has 0 saturated carbocycles. The number of rotatable bonds is 6. The fourth-order valence-corrected chi connectivity index (χ4v) is 0.763. The summed E-state index contributed by atoms with van der Waals surface area (Å²) in [5.74, 6) is -0.725. The summed E-state index contributed by atoms with van der Waals surface area (Å²) >= 11 is 0. The third-order valence-electron chi connectivity index (χ3n) is 1.77. The van der Waals surface area contributed by atoms with E-state index in [1.165, 1.54) is 0 Å². The van der Waals surface area contributed by atoms with Crippen LogP contribution in [0, 0.1) is 0 Å². The topological polar surface area (TPSA) is 159 Å². The Morgan fingerprint density at radius 1 is 0.941 bits per heavy atom. The summed E-state index contributed by atoms with van der Waals surface area (Å²) in [7, 11) is 0. The highest BCUT2D eigenvalue weighted by atomic mass is 16.4. The highest BCUT2D eigenvalue weighted by Gasteiger charge is 2.32. The third kappa shape index (κ3) is 8.16. The van der Waals surface area contributed by atoms with Crippen molar-refractivity contribution in [2.75, 3.05) is 19.8 Å². The molecule has 17 heavy (non-hydrogen) atoms. The number of ketones is 1. The highest BCUT2D eigenvalue weighted by Crippen LogP contribution is 2.05. The zero-order chi connectivity index (χ0) is 14.0. The molecule has 0 unspecified atom stereocenters. The number of carbonyl (C=O) groups is 1. The van der Waals surface area contributed by atoms with Gasteiger partial charge < -0.3 is 35.7 Å². The van der Waals surface area contributed by atoms with Gasteiger partial charge >= 0.3 is 0 Å². The average Bonchev–Trinajstić information content (AvgIpc) is 2.34. The van der Waals surface area contributed by atoms with Gasteiger partial charge in [-0.25, -0.2) is 0 Å². The molecule has 0 aliphatic heterocycles. The van der Waals surface area contributed by atoms with E-state index in [0.717, 1.165) is 6.92 Å². The Morgan fingerprint density at radius 3 is 1.59 bits per heavy atom. The van der Waals surface area contributed by atoms with Gasteiger partial charge in [0, 0.05) is 0 Å². The van der Waals surface area contributed by atoms with E-state index in [2.05, 4.69) is 0 Å². The first kappa shape index (κ1) is 18.7. The van der Waals surface area contributed by atoms with Crippen LogP contribution in [0.1, 0.15) is 6.92 Å². The van der Waals surface area contributed by atoms with Crippen LogP contribution in [0.25, 0.3) is 0 Å². The third-order valence-corrected chi connectivity index (χ3v) is 1.77. The monoisotopic (exact) mass is 256 g/mol. The first-order valence-corrected chi connectivity index (χ1v) is 4.88. The normalized spacial score (nSPS) is 17.4. The van der Waals surface area contributed by atoms with Crippen molar-refractivity contribution in [3.05, 3.63) is 0 Å². The quantitative estimate of drug-likeness (QED) is 0.253. The van der Waals surface area contributed by atoms with E-state index in [4.69, 9.17) is 35.7 Å². The van der Waals surface area contributed by atoms with Crippen LogP contribution in [0.15, 0.2) is 0 Å².